The van der Waals surface area contributed by atoms with Crippen LogP contribution in [-0.4, -0.2) is 27.0 Å². The summed E-state index contributed by atoms with van der Waals surface area (Å²) in [5.41, 5.74) is 0. The largest absolute Gasteiger partial charge is 0.610 e. The Hall–Kier alpha value is -0.580. The molecule has 72 valence electrons. The molecule has 0 radical (unpaired) electrons. The molecular formula is C9H13NO2S. The number of hydrogen-bond acceptors (Lipinski definition) is 3. The summed E-state index contributed by atoms with van der Waals surface area (Å²) in [5, 5.41) is 9.16. The van der Waals surface area contributed by atoms with Gasteiger partial charge in [-0.25, -0.2) is 4.98 Å². The van der Waals surface area contributed by atoms with Crippen molar-refractivity contribution in [2.75, 3.05) is 12.4 Å². The second-order valence-electron chi connectivity index (χ2n) is 2.65. The lowest BCUT2D eigenvalue weighted by atomic mass is 10.4. The van der Waals surface area contributed by atoms with Crippen LogP contribution in [0.15, 0.2) is 29.4 Å². The second kappa shape index (κ2) is 5.96. The third kappa shape index (κ3) is 3.76. The molecule has 0 spiro atoms. The van der Waals surface area contributed by atoms with E-state index in [-0.39, 0.29) is 6.61 Å². The van der Waals surface area contributed by atoms with E-state index in [9.17, 15) is 4.55 Å². The van der Waals surface area contributed by atoms with Crippen LogP contribution < -0.4 is 0 Å². The average Bonchev–Trinajstić information content (AvgIpc) is 2.19. The van der Waals surface area contributed by atoms with Gasteiger partial charge in [0, 0.05) is 30.0 Å². The van der Waals surface area contributed by atoms with E-state index in [4.69, 9.17) is 5.11 Å². The van der Waals surface area contributed by atoms with Gasteiger partial charge in [0.1, 0.15) is 5.75 Å². The zero-order valence-electron chi connectivity index (χ0n) is 7.35. The van der Waals surface area contributed by atoms with Crippen LogP contribution in [0.4, 0.5) is 0 Å². The molecule has 3 nitrogen and oxygen atoms in total. The van der Waals surface area contributed by atoms with Gasteiger partial charge in [0.05, 0.1) is 0 Å². The predicted molar refractivity (Wildman–Crippen MR) is 51.8 cm³/mol. The number of pyridine rings is 1. The van der Waals surface area contributed by atoms with Gasteiger partial charge in [0.2, 0.25) is 5.03 Å². The first-order chi connectivity index (χ1) is 6.34. The Labute approximate surface area is 81.0 Å². The maximum Gasteiger partial charge on any atom is 0.244 e. The molecule has 0 aliphatic carbocycles. The van der Waals surface area contributed by atoms with E-state index in [1.54, 1.807) is 18.3 Å². The molecule has 1 aromatic rings. The van der Waals surface area contributed by atoms with Gasteiger partial charge in [0.25, 0.3) is 0 Å². The van der Waals surface area contributed by atoms with Gasteiger partial charge >= 0.3 is 0 Å². The SMILES string of the molecule is [O-][S+](CCCCO)c1ccccn1. The number of aromatic nitrogens is 1. The van der Waals surface area contributed by atoms with E-state index in [2.05, 4.69) is 4.98 Å². The molecule has 1 N–H and O–H groups in total. The smallest absolute Gasteiger partial charge is 0.244 e. The molecule has 1 rings (SSSR count). The van der Waals surface area contributed by atoms with Crippen molar-refractivity contribution < 1.29 is 9.66 Å². The fourth-order valence-electron chi connectivity index (χ4n) is 0.931. The standard InChI is InChI=1S/C9H13NO2S/c11-7-3-4-8-13(12)9-5-1-2-6-10-9/h1-2,5-6,11H,3-4,7-8H2. The van der Waals surface area contributed by atoms with Gasteiger partial charge in [-0.1, -0.05) is 6.07 Å². The molecule has 0 amide bonds. The van der Waals surface area contributed by atoms with Crippen LogP contribution in [0.5, 0.6) is 0 Å². The average molecular weight is 199 g/mol. The monoisotopic (exact) mass is 199 g/mol. The molecule has 1 aromatic heterocycles. The summed E-state index contributed by atoms with van der Waals surface area (Å²) < 4.78 is 11.5. The lowest BCUT2D eigenvalue weighted by molar-refractivity contribution is 0.287. The number of aliphatic hydroxyl groups excluding tert-OH is 1. The Bertz CT molecular complexity index is 230. The molecule has 0 saturated heterocycles. The molecule has 4 heteroatoms. The zero-order chi connectivity index (χ0) is 9.52. The minimum absolute atomic E-state index is 0.166. The molecule has 1 atom stereocenters. The van der Waals surface area contributed by atoms with Crippen LogP contribution in [0.1, 0.15) is 12.8 Å². The van der Waals surface area contributed by atoms with Crippen molar-refractivity contribution in [2.24, 2.45) is 0 Å². The number of hydrogen-bond donors (Lipinski definition) is 1. The fraction of sp³-hybridized carbons (Fsp3) is 0.444. The Morgan fingerprint density at radius 2 is 2.23 bits per heavy atom. The minimum Gasteiger partial charge on any atom is -0.610 e. The molecule has 0 aromatic carbocycles. The van der Waals surface area contributed by atoms with Crippen LogP contribution in [0.3, 0.4) is 0 Å². The first kappa shape index (κ1) is 10.5. The summed E-state index contributed by atoms with van der Waals surface area (Å²) in [5.74, 6) is 0.581. The van der Waals surface area contributed by atoms with Crippen LogP contribution in [0.2, 0.25) is 0 Å². The summed E-state index contributed by atoms with van der Waals surface area (Å²) in [4.78, 5) is 3.99. The normalized spacial score (nSPS) is 12.8. The summed E-state index contributed by atoms with van der Waals surface area (Å²) in [6.07, 6.45) is 3.12. The molecule has 1 unspecified atom stereocenters. The third-order valence-electron chi connectivity index (χ3n) is 1.61. The van der Waals surface area contributed by atoms with Gasteiger partial charge in [-0.2, -0.15) is 0 Å². The van der Waals surface area contributed by atoms with E-state index in [0.717, 1.165) is 6.42 Å². The molecule has 0 saturated carbocycles. The highest BCUT2D eigenvalue weighted by Crippen LogP contribution is 2.08. The predicted octanol–water partition coefficient (Wildman–Crippen LogP) is 0.962. The quantitative estimate of drug-likeness (QED) is 0.567. The van der Waals surface area contributed by atoms with Crippen LogP contribution in [0, 0.1) is 0 Å². The van der Waals surface area contributed by atoms with Crippen LogP contribution >= 0.6 is 0 Å². The van der Waals surface area contributed by atoms with Crippen molar-refractivity contribution >= 4 is 11.2 Å². The van der Waals surface area contributed by atoms with Gasteiger partial charge in [-0.15, -0.1) is 0 Å². The van der Waals surface area contributed by atoms with Gasteiger partial charge < -0.3 is 9.66 Å². The summed E-state index contributed by atoms with van der Waals surface area (Å²) in [6.45, 7) is 0.166. The van der Waals surface area contributed by atoms with E-state index < -0.39 is 11.2 Å². The molecule has 0 fully saturated rings. The fourth-order valence-corrected chi connectivity index (χ4v) is 2.02. The molecule has 0 bridgehead atoms. The van der Waals surface area contributed by atoms with Gasteiger partial charge in [-0.05, 0) is 18.9 Å². The summed E-state index contributed by atoms with van der Waals surface area (Å²) >= 11 is -1.01. The maximum atomic E-state index is 11.5. The zero-order valence-corrected chi connectivity index (χ0v) is 8.17. The van der Waals surface area contributed by atoms with Crippen molar-refractivity contribution in [2.45, 2.75) is 17.9 Å². The second-order valence-corrected chi connectivity index (χ2v) is 4.17. The number of unbranched alkanes of at least 4 members (excludes halogenated alkanes) is 1. The molecule has 13 heavy (non-hydrogen) atoms. The topological polar surface area (TPSA) is 56.2 Å². The lowest BCUT2D eigenvalue weighted by Crippen LogP contribution is -2.08. The Morgan fingerprint density at radius 3 is 2.85 bits per heavy atom. The Morgan fingerprint density at radius 1 is 1.38 bits per heavy atom. The Kier molecular flexibility index (Phi) is 4.82. The lowest BCUT2D eigenvalue weighted by Gasteiger charge is -2.07. The van der Waals surface area contributed by atoms with E-state index in [1.165, 1.54) is 0 Å². The maximum absolute atomic E-state index is 11.5. The highest BCUT2D eigenvalue weighted by molar-refractivity contribution is 7.91. The molecule has 1 heterocycles. The van der Waals surface area contributed by atoms with Crippen molar-refractivity contribution in [1.29, 1.82) is 0 Å². The molecular weight excluding hydrogens is 186 g/mol. The van der Waals surface area contributed by atoms with Crippen LogP contribution in [0.25, 0.3) is 0 Å². The van der Waals surface area contributed by atoms with E-state index in [0.29, 0.717) is 17.2 Å². The summed E-state index contributed by atoms with van der Waals surface area (Å²) in [7, 11) is 0. The third-order valence-corrected chi connectivity index (χ3v) is 2.98. The van der Waals surface area contributed by atoms with Crippen LogP contribution in [-0.2, 0) is 11.2 Å². The first-order valence-corrected chi connectivity index (χ1v) is 5.57. The van der Waals surface area contributed by atoms with E-state index in [1.807, 2.05) is 6.07 Å². The van der Waals surface area contributed by atoms with Crippen molar-refractivity contribution in [3.63, 3.8) is 0 Å². The van der Waals surface area contributed by atoms with Gasteiger partial charge in [0.15, 0.2) is 0 Å². The van der Waals surface area contributed by atoms with Crippen molar-refractivity contribution in [3.8, 4) is 0 Å². The number of aliphatic hydroxyl groups is 1. The minimum atomic E-state index is -1.01. The summed E-state index contributed by atoms with van der Waals surface area (Å²) in [6, 6.07) is 5.38. The van der Waals surface area contributed by atoms with Gasteiger partial charge in [-0.3, -0.25) is 0 Å². The first-order valence-electron chi connectivity index (χ1n) is 4.25. The highest BCUT2D eigenvalue weighted by Gasteiger charge is 2.10. The number of nitrogens with zero attached hydrogens (tertiary/aromatic N) is 1. The molecule has 0 aliphatic rings. The van der Waals surface area contributed by atoms with E-state index >= 15 is 0 Å². The van der Waals surface area contributed by atoms with Crippen molar-refractivity contribution in [1.82, 2.24) is 4.98 Å². The highest BCUT2D eigenvalue weighted by atomic mass is 32.2. The molecule has 0 aliphatic heterocycles. The number of rotatable bonds is 5. The van der Waals surface area contributed by atoms with Crippen molar-refractivity contribution in [3.05, 3.63) is 24.4 Å². The Balaban J connectivity index is 2.35.